The quantitative estimate of drug-likeness (QED) is 0.663. The first-order valence-electron chi connectivity index (χ1n) is 4.79. The van der Waals surface area contributed by atoms with Gasteiger partial charge in [-0.1, -0.05) is 12.1 Å². The summed E-state index contributed by atoms with van der Waals surface area (Å²) >= 11 is 10.0. The van der Waals surface area contributed by atoms with E-state index in [0.717, 1.165) is 11.3 Å². The maximum absolute atomic E-state index is 5.12. The Hall–Kier alpha value is -1.73. The number of nitrogens with zero attached hydrogens (tertiary/aromatic N) is 2. The molecular formula is C10H10N4OS2. The van der Waals surface area contributed by atoms with Crippen molar-refractivity contribution in [3.8, 4) is 5.75 Å². The highest BCUT2D eigenvalue weighted by molar-refractivity contribution is 7.72. The van der Waals surface area contributed by atoms with E-state index in [0.29, 0.717) is 9.54 Å². The predicted octanol–water partition coefficient (Wildman–Crippen LogP) is 2.49. The van der Waals surface area contributed by atoms with E-state index in [-0.39, 0.29) is 0 Å². The minimum atomic E-state index is 0.425. The Kier molecular flexibility index (Phi) is 3.50. The van der Waals surface area contributed by atoms with Crippen molar-refractivity contribution in [3.63, 3.8) is 0 Å². The van der Waals surface area contributed by atoms with Gasteiger partial charge in [-0.3, -0.25) is 10.2 Å². The molecule has 5 nitrogen and oxygen atoms in total. The van der Waals surface area contributed by atoms with E-state index >= 15 is 0 Å². The Morgan fingerprint density at radius 2 is 2.00 bits per heavy atom. The maximum atomic E-state index is 5.12. The van der Waals surface area contributed by atoms with Crippen LogP contribution >= 0.6 is 24.4 Å². The van der Waals surface area contributed by atoms with Crippen LogP contribution in [0.3, 0.4) is 0 Å². The van der Waals surface area contributed by atoms with E-state index in [1.165, 1.54) is 4.68 Å². The number of aromatic nitrogens is 3. The number of methoxy groups -OCH3 is 1. The Morgan fingerprint density at radius 1 is 1.29 bits per heavy atom. The number of H-pyrrole nitrogens is 2. The zero-order valence-electron chi connectivity index (χ0n) is 9.01. The van der Waals surface area contributed by atoms with Crippen LogP contribution in [0.2, 0.25) is 0 Å². The molecule has 2 rings (SSSR count). The van der Waals surface area contributed by atoms with Crippen LogP contribution in [0.4, 0.5) is 0 Å². The molecule has 0 bridgehead atoms. The van der Waals surface area contributed by atoms with Crippen LogP contribution in [0.15, 0.2) is 29.4 Å². The summed E-state index contributed by atoms with van der Waals surface area (Å²) in [5, 5.41) is 9.59. The second-order valence-electron chi connectivity index (χ2n) is 3.19. The van der Waals surface area contributed by atoms with Crippen LogP contribution in [0.25, 0.3) is 0 Å². The van der Waals surface area contributed by atoms with E-state index < -0.39 is 0 Å². The molecule has 0 aliphatic heterocycles. The summed E-state index contributed by atoms with van der Waals surface area (Å²) in [6, 6.07) is 7.53. The Morgan fingerprint density at radius 3 is 2.65 bits per heavy atom. The minimum absolute atomic E-state index is 0.425. The first kappa shape index (κ1) is 11.7. The van der Waals surface area contributed by atoms with Gasteiger partial charge in [0.05, 0.1) is 13.3 Å². The monoisotopic (exact) mass is 266 g/mol. The van der Waals surface area contributed by atoms with Crippen molar-refractivity contribution in [1.29, 1.82) is 0 Å². The molecule has 7 heteroatoms. The van der Waals surface area contributed by atoms with Crippen LogP contribution in [-0.4, -0.2) is 28.2 Å². The lowest BCUT2D eigenvalue weighted by Crippen LogP contribution is -1.91. The molecule has 0 amide bonds. The lowest BCUT2D eigenvalue weighted by atomic mass is 10.2. The summed E-state index contributed by atoms with van der Waals surface area (Å²) in [5.74, 6) is 0.775. The number of hydrogen-bond donors (Lipinski definition) is 2. The van der Waals surface area contributed by atoms with Crippen LogP contribution in [0.5, 0.6) is 5.75 Å². The second-order valence-corrected chi connectivity index (χ2v) is 3.97. The molecular weight excluding hydrogens is 256 g/mol. The summed E-state index contributed by atoms with van der Waals surface area (Å²) in [6.07, 6.45) is 1.66. The van der Waals surface area contributed by atoms with Gasteiger partial charge in [-0.2, -0.15) is 9.78 Å². The Bertz CT molecular complexity index is 625. The maximum Gasteiger partial charge on any atom is 0.215 e. The van der Waals surface area contributed by atoms with Gasteiger partial charge in [-0.25, -0.2) is 0 Å². The molecule has 0 unspecified atom stereocenters. The first-order chi connectivity index (χ1) is 8.20. The molecule has 0 radical (unpaired) electrons. The van der Waals surface area contributed by atoms with Crippen molar-refractivity contribution in [2.45, 2.75) is 0 Å². The van der Waals surface area contributed by atoms with Crippen LogP contribution in [0, 0.1) is 9.54 Å². The lowest BCUT2D eigenvalue weighted by Gasteiger charge is -1.99. The SMILES string of the molecule is COc1cccc(/C=N\n2c(=S)[nH][nH]c2=S)c1. The molecule has 2 aromatic rings. The third kappa shape index (κ3) is 2.69. The van der Waals surface area contributed by atoms with E-state index in [4.69, 9.17) is 29.2 Å². The number of rotatable bonds is 3. The molecule has 1 aromatic carbocycles. The van der Waals surface area contributed by atoms with Gasteiger partial charge >= 0.3 is 0 Å². The Labute approximate surface area is 108 Å². The third-order valence-corrected chi connectivity index (χ3v) is 2.63. The molecule has 0 aliphatic rings. The van der Waals surface area contributed by atoms with Crippen molar-refractivity contribution in [2.75, 3.05) is 7.11 Å². The first-order valence-corrected chi connectivity index (χ1v) is 5.60. The molecule has 0 fully saturated rings. The number of benzene rings is 1. The van der Waals surface area contributed by atoms with Gasteiger partial charge < -0.3 is 4.74 Å². The van der Waals surface area contributed by atoms with Crippen molar-refractivity contribution in [1.82, 2.24) is 14.9 Å². The summed E-state index contributed by atoms with van der Waals surface area (Å²) in [7, 11) is 1.62. The fourth-order valence-corrected chi connectivity index (χ4v) is 1.69. The predicted molar refractivity (Wildman–Crippen MR) is 70.8 cm³/mol. The average Bonchev–Trinajstić information content (AvgIpc) is 2.67. The number of ether oxygens (including phenoxy) is 1. The van der Waals surface area contributed by atoms with Crippen LogP contribution in [-0.2, 0) is 0 Å². The van der Waals surface area contributed by atoms with Gasteiger partial charge in [0.25, 0.3) is 0 Å². The summed E-state index contributed by atoms with van der Waals surface area (Å²) in [5.41, 5.74) is 0.904. The van der Waals surface area contributed by atoms with Gasteiger partial charge in [0.1, 0.15) is 5.75 Å². The second kappa shape index (κ2) is 5.07. The third-order valence-electron chi connectivity index (χ3n) is 2.08. The largest absolute Gasteiger partial charge is 0.497 e. The average molecular weight is 266 g/mol. The van der Waals surface area contributed by atoms with Gasteiger partial charge in [0, 0.05) is 0 Å². The molecule has 0 aliphatic carbocycles. The molecule has 0 saturated carbocycles. The molecule has 1 aromatic heterocycles. The summed E-state index contributed by atoms with van der Waals surface area (Å²) in [6.45, 7) is 0. The van der Waals surface area contributed by atoms with Crippen LogP contribution < -0.4 is 4.74 Å². The highest BCUT2D eigenvalue weighted by Gasteiger charge is 1.94. The molecule has 1 heterocycles. The standard InChI is InChI=1S/C10H10N4OS2/c1-15-8-4-2-3-7(5-8)6-11-14-9(16)12-13-10(14)17/h2-6H,1H3,(H,12,16)(H,13,17)/b11-6-. The van der Waals surface area contributed by atoms with Gasteiger partial charge in [-0.15, -0.1) is 0 Å². The summed E-state index contributed by atoms with van der Waals surface area (Å²) < 4.78 is 7.40. The number of nitrogens with one attached hydrogen (secondary N) is 2. The van der Waals surface area contributed by atoms with Crippen molar-refractivity contribution < 1.29 is 4.74 Å². The molecule has 2 N–H and O–H groups in total. The van der Waals surface area contributed by atoms with E-state index in [2.05, 4.69) is 15.3 Å². The molecule has 0 atom stereocenters. The zero-order chi connectivity index (χ0) is 12.3. The van der Waals surface area contributed by atoms with Crippen molar-refractivity contribution >= 4 is 30.7 Å². The fraction of sp³-hybridized carbons (Fsp3) is 0.100. The van der Waals surface area contributed by atoms with E-state index in [1.807, 2.05) is 24.3 Å². The van der Waals surface area contributed by atoms with Crippen molar-refractivity contribution in [2.24, 2.45) is 5.10 Å². The zero-order valence-corrected chi connectivity index (χ0v) is 10.6. The van der Waals surface area contributed by atoms with Crippen LogP contribution in [0.1, 0.15) is 5.56 Å². The van der Waals surface area contributed by atoms with Gasteiger partial charge in [0.2, 0.25) is 9.54 Å². The van der Waals surface area contributed by atoms with Gasteiger partial charge in [-0.05, 0) is 42.1 Å². The molecule has 88 valence electrons. The normalized spacial score (nSPS) is 10.9. The summed E-state index contributed by atoms with van der Waals surface area (Å²) in [4.78, 5) is 0. The minimum Gasteiger partial charge on any atom is -0.497 e. The topological polar surface area (TPSA) is 58.1 Å². The highest BCUT2D eigenvalue weighted by Crippen LogP contribution is 2.10. The smallest absolute Gasteiger partial charge is 0.215 e. The lowest BCUT2D eigenvalue weighted by molar-refractivity contribution is 0.415. The number of hydrogen-bond acceptors (Lipinski definition) is 4. The highest BCUT2D eigenvalue weighted by atomic mass is 32.1. The number of aromatic amines is 2. The molecule has 17 heavy (non-hydrogen) atoms. The van der Waals surface area contributed by atoms with E-state index in [1.54, 1.807) is 13.3 Å². The molecule has 0 spiro atoms. The van der Waals surface area contributed by atoms with Crippen molar-refractivity contribution in [3.05, 3.63) is 39.4 Å². The fourth-order valence-electron chi connectivity index (χ4n) is 1.26. The van der Waals surface area contributed by atoms with E-state index in [9.17, 15) is 0 Å². The van der Waals surface area contributed by atoms with Gasteiger partial charge in [0.15, 0.2) is 0 Å². The molecule has 0 saturated heterocycles. The Balaban J connectivity index is 2.32.